The molecule has 0 N–H and O–H groups in total. The van der Waals surface area contributed by atoms with Gasteiger partial charge in [-0.1, -0.05) is 164 Å². The number of rotatable bonds is 4. The minimum atomic E-state index is 1.23. The van der Waals surface area contributed by atoms with Crippen molar-refractivity contribution >= 4 is 43.1 Å². The van der Waals surface area contributed by atoms with E-state index >= 15 is 0 Å². The van der Waals surface area contributed by atoms with Crippen LogP contribution in [0.1, 0.15) is 11.1 Å². The second-order valence-corrected chi connectivity index (χ2v) is 12.9. The highest BCUT2D eigenvalue weighted by atomic mass is 14.2. The first kappa shape index (κ1) is 28.3. The van der Waals surface area contributed by atoms with E-state index < -0.39 is 0 Å². The zero-order chi connectivity index (χ0) is 32.2. The Morgan fingerprint density at radius 3 is 1.25 bits per heavy atom. The Kier molecular flexibility index (Phi) is 6.69. The zero-order valence-electron chi connectivity index (χ0n) is 27.2. The summed E-state index contributed by atoms with van der Waals surface area (Å²) < 4.78 is 0. The molecule has 0 bridgehead atoms. The molecule has 9 rings (SSSR count). The van der Waals surface area contributed by atoms with Crippen LogP contribution in [0.4, 0.5) is 0 Å². The van der Waals surface area contributed by atoms with Gasteiger partial charge in [0.2, 0.25) is 0 Å². The van der Waals surface area contributed by atoms with Crippen molar-refractivity contribution in [3.63, 3.8) is 0 Å². The van der Waals surface area contributed by atoms with Gasteiger partial charge < -0.3 is 0 Å². The minimum Gasteiger partial charge on any atom is -0.0622 e. The first-order valence-electron chi connectivity index (χ1n) is 16.8. The fourth-order valence-corrected chi connectivity index (χ4v) is 8.00. The third kappa shape index (κ3) is 4.45. The molecule has 9 aromatic carbocycles. The first-order valence-corrected chi connectivity index (χ1v) is 16.8. The van der Waals surface area contributed by atoms with E-state index in [4.69, 9.17) is 0 Å². The molecule has 0 heteroatoms. The summed E-state index contributed by atoms with van der Waals surface area (Å²) in [6.45, 7) is 4.56. The van der Waals surface area contributed by atoms with E-state index in [9.17, 15) is 0 Å². The SMILES string of the molecule is Cc1cc(-c2c3ccccc3c(-c3cccc(-c4ccccc4)c3)c3ccccc23)ccc1-c1c(C)c2ccccc2c2ccccc12. The van der Waals surface area contributed by atoms with Crippen molar-refractivity contribution in [1.29, 1.82) is 0 Å². The second kappa shape index (κ2) is 11.4. The maximum atomic E-state index is 2.41. The van der Waals surface area contributed by atoms with Gasteiger partial charge in [0.1, 0.15) is 0 Å². The molecule has 0 amide bonds. The molecular weight excluding hydrogens is 577 g/mol. The fourth-order valence-electron chi connectivity index (χ4n) is 8.00. The molecule has 0 spiro atoms. The van der Waals surface area contributed by atoms with Crippen LogP contribution in [0, 0.1) is 13.8 Å². The summed E-state index contributed by atoms with van der Waals surface area (Å²) in [6.07, 6.45) is 0. The summed E-state index contributed by atoms with van der Waals surface area (Å²) in [4.78, 5) is 0. The topological polar surface area (TPSA) is 0 Å². The lowest BCUT2D eigenvalue weighted by atomic mass is 9.83. The monoisotopic (exact) mass is 610 g/mol. The van der Waals surface area contributed by atoms with Crippen LogP contribution in [0.15, 0.2) is 170 Å². The predicted molar refractivity (Wildman–Crippen MR) is 208 cm³/mol. The Balaban J connectivity index is 1.27. The lowest BCUT2D eigenvalue weighted by Crippen LogP contribution is -1.94. The highest BCUT2D eigenvalue weighted by Gasteiger charge is 2.19. The van der Waals surface area contributed by atoms with Gasteiger partial charge in [-0.15, -0.1) is 0 Å². The van der Waals surface area contributed by atoms with E-state index in [1.807, 2.05) is 0 Å². The molecule has 0 saturated heterocycles. The quantitative estimate of drug-likeness (QED) is 0.137. The van der Waals surface area contributed by atoms with Crippen molar-refractivity contribution in [2.24, 2.45) is 0 Å². The number of aryl methyl sites for hydroxylation is 2. The van der Waals surface area contributed by atoms with Gasteiger partial charge in [-0.2, -0.15) is 0 Å². The van der Waals surface area contributed by atoms with E-state index in [1.165, 1.54) is 98.7 Å². The van der Waals surface area contributed by atoms with Crippen molar-refractivity contribution in [1.82, 2.24) is 0 Å². The lowest BCUT2D eigenvalue weighted by Gasteiger charge is -2.20. The third-order valence-corrected chi connectivity index (χ3v) is 10.2. The van der Waals surface area contributed by atoms with E-state index in [1.54, 1.807) is 0 Å². The molecule has 0 fully saturated rings. The Hall–Kier alpha value is -5.98. The molecule has 0 aliphatic rings. The van der Waals surface area contributed by atoms with E-state index in [-0.39, 0.29) is 0 Å². The normalized spacial score (nSPS) is 11.5. The molecule has 0 aromatic heterocycles. The molecule has 0 unspecified atom stereocenters. The Bertz CT molecular complexity index is 2620. The van der Waals surface area contributed by atoms with Crippen LogP contribution in [-0.2, 0) is 0 Å². The maximum Gasteiger partial charge on any atom is -0.00262 e. The minimum absolute atomic E-state index is 1.23. The molecular formula is C48H34. The lowest BCUT2D eigenvalue weighted by molar-refractivity contribution is 1.44. The van der Waals surface area contributed by atoms with Crippen LogP contribution >= 0.6 is 0 Å². The maximum absolute atomic E-state index is 2.41. The Morgan fingerprint density at radius 2 is 0.688 bits per heavy atom. The largest absolute Gasteiger partial charge is 0.0622 e. The van der Waals surface area contributed by atoms with Gasteiger partial charge >= 0.3 is 0 Å². The zero-order valence-corrected chi connectivity index (χ0v) is 27.2. The number of hydrogen-bond acceptors (Lipinski definition) is 0. The fraction of sp³-hybridized carbons (Fsp3) is 0.0417. The summed E-state index contributed by atoms with van der Waals surface area (Å²) in [5, 5.41) is 10.3. The molecule has 48 heavy (non-hydrogen) atoms. The van der Waals surface area contributed by atoms with Crippen LogP contribution in [0.2, 0.25) is 0 Å². The standard InChI is InChI=1S/C48H34/c1-31-29-36(27-28-37(31)46-32(2)38-19-6-7-20-39(38)40-21-8-9-22-41(40)46)48-44-25-12-10-23-42(44)47(43-24-11-13-26-45(43)48)35-18-14-17-34(30-35)33-15-4-3-5-16-33/h3-30H,1-2H3. The van der Waals surface area contributed by atoms with Crippen LogP contribution in [-0.4, -0.2) is 0 Å². The van der Waals surface area contributed by atoms with Crippen LogP contribution in [0.5, 0.6) is 0 Å². The first-order chi connectivity index (χ1) is 23.7. The van der Waals surface area contributed by atoms with E-state index in [2.05, 4.69) is 184 Å². The highest BCUT2D eigenvalue weighted by molar-refractivity contribution is 6.22. The van der Waals surface area contributed by atoms with Crippen molar-refractivity contribution in [3.05, 3.63) is 181 Å². The summed E-state index contributed by atoms with van der Waals surface area (Å²) in [7, 11) is 0. The smallest absolute Gasteiger partial charge is 0.00262 e. The van der Waals surface area contributed by atoms with E-state index in [0.717, 1.165) is 0 Å². The number of fused-ring (bicyclic) bond motifs is 5. The van der Waals surface area contributed by atoms with Crippen LogP contribution < -0.4 is 0 Å². The van der Waals surface area contributed by atoms with Crippen molar-refractivity contribution in [3.8, 4) is 44.5 Å². The molecule has 9 aromatic rings. The molecule has 0 nitrogen and oxygen atoms in total. The third-order valence-electron chi connectivity index (χ3n) is 10.2. The molecule has 0 aliphatic heterocycles. The summed E-state index contributed by atoms with van der Waals surface area (Å²) >= 11 is 0. The molecule has 0 heterocycles. The van der Waals surface area contributed by atoms with Crippen molar-refractivity contribution in [2.75, 3.05) is 0 Å². The Morgan fingerprint density at radius 1 is 0.271 bits per heavy atom. The predicted octanol–water partition coefficient (Wildman–Crippen LogP) is 13.6. The van der Waals surface area contributed by atoms with Gasteiger partial charge in [0, 0.05) is 0 Å². The molecule has 0 aliphatic carbocycles. The molecule has 0 atom stereocenters. The number of hydrogen-bond donors (Lipinski definition) is 0. The average molecular weight is 611 g/mol. The van der Waals surface area contributed by atoms with Gasteiger partial charge in [-0.3, -0.25) is 0 Å². The Labute approximate surface area is 281 Å². The van der Waals surface area contributed by atoms with Gasteiger partial charge in [-0.25, -0.2) is 0 Å². The van der Waals surface area contributed by atoms with Crippen molar-refractivity contribution < 1.29 is 0 Å². The van der Waals surface area contributed by atoms with Gasteiger partial charge in [-0.05, 0) is 119 Å². The molecule has 0 radical (unpaired) electrons. The van der Waals surface area contributed by atoms with Gasteiger partial charge in [0.05, 0.1) is 0 Å². The van der Waals surface area contributed by atoms with E-state index in [0.29, 0.717) is 0 Å². The summed E-state index contributed by atoms with van der Waals surface area (Å²) in [5.41, 5.74) is 12.8. The van der Waals surface area contributed by atoms with Crippen molar-refractivity contribution in [2.45, 2.75) is 13.8 Å². The molecule has 226 valence electrons. The summed E-state index contributed by atoms with van der Waals surface area (Å²) in [5.74, 6) is 0. The molecule has 0 saturated carbocycles. The second-order valence-electron chi connectivity index (χ2n) is 12.9. The van der Waals surface area contributed by atoms with Gasteiger partial charge in [0.15, 0.2) is 0 Å². The van der Waals surface area contributed by atoms with Gasteiger partial charge in [0.25, 0.3) is 0 Å². The van der Waals surface area contributed by atoms with Crippen LogP contribution in [0.3, 0.4) is 0 Å². The average Bonchev–Trinajstić information content (AvgIpc) is 3.15. The summed E-state index contributed by atoms with van der Waals surface area (Å²) in [6, 6.07) is 62.3. The van der Waals surface area contributed by atoms with Crippen LogP contribution in [0.25, 0.3) is 87.6 Å². The highest BCUT2D eigenvalue weighted by Crippen LogP contribution is 2.46. The number of benzene rings is 9.